The summed E-state index contributed by atoms with van der Waals surface area (Å²) in [4.78, 5) is 11.9. The maximum absolute atomic E-state index is 11.9. The van der Waals surface area contributed by atoms with Crippen LogP contribution in [0.4, 0.5) is 0 Å². The van der Waals surface area contributed by atoms with Crippen molar-refractivity contribution in [3.05, 3.63) is 29.8 Å². The minimum absolute atomic E-state index is 0.199. The second-order valence-electron chi connectivity index (χ2n) is 5.00. The maximum atomic E-state index is 11.9. The molecule has 0 saturated heterocycles. The Morgan fingerprint density at radius 3 is 2.55 bits per heavy atom. The Balaban J connectivity index is 2.20. The molecule has 0 saturated carbocycles. The third-order valence-corrected chi connectivity index (χ3v) is 4.69. The molecular formula is C16H21N3O2S. The lowest BCUT2D eigenvalue weighted by Gasteiger charge is -2.12. The first-order valence-corrected chi connectivity index (χ1v) is 8.24. The van der Waals surface area contributed by atoms with Gasteiger partial charge in [-0.15, -0.1) is 10.2 Å². The van der Waals surface area contributed by atoms with Crippen LogP contribution in [0, 0.1) is 6.92 Å². The van der Waals surface area contributed by atoms with Gasteiger partial charge in [0.2, 0.25) is 0 Å². The zero-order valence-corrected chi connectivity index (χ0v) is 14.2. The van der Waals surface area contributed by atoms with Crippen molar-refractivity contribution in [1.29, 1.82) is 0 Å². The molecule has 0 N–H and O–H groups in total. The number of aryl methyl sites for hydroxylation is 1. The molecule has 1 aromatic heterocycles. The highest BCUT2D eigenvalue weighted by Crippen LogP contribution is 2.27. The predicted octanol–water partition coefficient (Wildman–Crippen LogP) is 3.22. The highest BCUT2D eigenvalue weighted by molar-refractivity contribution is 8.00. The van der Waals surface area contributed by atoms with Crippen LogP contribution in [-0.4, -0.2) is 32.6 Å². The van der Waals surface area contributed by atoms with Crippen molar-refractivity contribution >= 4 is 17.7 Å². The number of aromatic nitrogens is 3. The van der Waals surface area contributed by atoms with E-state index in [1.54, 1.807) is 0 Å². The minimum atomic E-state index is -0.256. The number of thioether (sulfide) groups is 1. The molecule has 1 heterocycles. The monoisotopic (exact) mass is 319 g/mol. The molecule has 1 aromatic carbocycles. The molecule has 2 rings (SSSR count). The third-order valence-electron chi connectivity index (χ3n) is 3.31. The summed E-state index contributed by atoms with van der Waals surface area (Å²) in [7, 11) is 1.91. The molecule has 0 aliphatic carbocycles. The van der Waals surface area contributed by atoms with Crippen molar-refractivity contribution in [3.63, 3.8) is 0 Å². The molecule has 0 fully saturated rings. The van der Waals surface area contributed by atoms with Gasteiger partial charge in [0, 0.05) is 12.6 Å². The van der Waals surface area contributed by atoms with E-state index in [1.807, 2.05) is 56.7 Å². The van der Waals surface area contributed by atoms with E-state index in [0.29, 0.717) is 13.0 Å². The summed E-state index contributed by atoms with van der Waals surface area (Å²) in [6.45, 7) is 6.22. The molecule has 0 amide bonds. The number of ether oxygens (including phenoxy) is 1. The Morgan fingerprint density at radius 2 is 1.95 bits per heavy atom. The van der Waals surface area contributed by atoms with Crippen molar-refractivity contribution in [2.45, 2.75) is 37.6 Å². The summed E-state index contributed by atoms with van der Waals surface area (Å²) < 4.78 is 7.01. The van der Waals surface area contributed by atoms with Crippen LogP contribution in [0.3, 0.4) is 0 Å². The van der Waals surface area contributed by atoms with Crippen LogP contribution < -0.4 is 0 Å². The highest BCUT2D eigenvalue weighted by atomic mass is 32.2. The van der Waals surface area contributed by atoms with Gasteiger partial charge in [-0.25, -0.2) is 0 Å². The van der Waals surface area contributed by atoms with Gasteiger partial charge >= 0.3 is 5.97 Å². The van der Waals surface area contributed by atoms with Crippen LogP contribution in [-0.2, 0) is 16.6 Å². The van der Waals surface area contributed by atoms with E-state index < -0.39 is 0 Å². The second kappa shape index (κ2) is 7.45. The average molecular weight is 319 g/mol. The highest BCUT2D eigenvalue weighted by Gasteiger charge is 2.22. The molecule has 5 nitrogen and oxygen atoms in total. The van der Waals surface area contributed by atoms with E-state index in [1.165, 1.54) is 17.3 Å². The molecule has 22 heavy (non-hydrogen) atoms. The van der Waals surface area contributed by atoms with Crippen LogP contribution in [0.25, 0.3) is 11.4 Å². The van der Waals surface area contributed by atoms with Gasteiger partial charge in [0.15, 0.2) is 11.0 Å². The van der Waals surface area contributed by atoms with Gasteiger partial charge in [-0.3, -0.25) is 4.79 Å². The summed E-state index contributed by atoms with van der Waals surface area (Å²) in [5.41, 5.74) is 2.21. The number of hydrogen-bond acceptors (Lipinski definition) is 5. The third kappa shape index (κ3) is 3.68. The fourth-order valence-electron chi connectivity index (χ4n) is 2.03. The van der Waals surface area contributed by atoms with Crippen LogP contribution in [0.5, 0.6) is 0 Å². The van der Waals surface area contributed by atoms with Gasteiger partial charge in [0.05, 0.1) is 6.61 Å². The number of esters is 1. The van der Waals surface area contributed by atoms with Crippen LogP contribution in [0.1, 0.15) is 25.8 Å². The SMILES string of the molecule is CCOC(=O)C(CC)Sc1nnc(-c2ccc(C)cc2)n1C. The molecule has 6 heteroatoms. The van der Waals surface area contributed by atoms with Gasteiger partial charge in [-0.1, -0.05) is 48.5 Å². The van der Waals surface area contributed by atoms with Crippen molar-refractivity contribution in [3.8, 4) is 11.4 Å². The zero-order chi connectivity index (χ0) is 16.1. The molecule has 2 aromatic rings. The van der Waals surface area contributed by atoms with Crippen molar-refractivity contribution in [1.82, 2.24) is 14.8 Å². The number of carbonyl (C=O) groups excluding carboxylic acids is 1. The Kier molecular flexibility index (Phi) is 5.60. The van der Waals surface area contributed by atoms with E-state index in [2.05, 4.69) is 10.2 Å². The molecule has 0 bridgehead atoms. The second-order valence-corrected chi connectivity index (χ2v) is 6.17. The Hall–Kier alpha value is -1.82. The van der Waals surface area contributed by atoms with E-state index in [4.69, 9.17) is 4.74 Å². The lowest BCUT2D eigenvalue weighted by atomic mass is 10.1. The maximum Gasteiger partial charge on any atom is 0.319 e. The van der Waals surface area contributed by atoms with E-state index in [9.17, 15) is 4.79 Å². The number of rotatable bonds is 6. The topological polar surface area (TPSA) is 57.0 Å². The van der Waals surface area contributed by atoms with Gasteiger partial charge in [-0.05, 0) is 20.3 Å². The Bertz CT molecular complexity index is 637. The largest absolute Gasteiger partial charge is 0.465 e. The Labute approximate surface area is 135 Å². The summed E-state index contributed by atoms with van der Waals surface area (Å²) in [6.07, 6.45) is 0.691. The van der Waals surface area contributed by atoms with Crippen molar-refractivity contribution < 1.29 is 9.53 Å². The van der Waals surface area contributed by atoms with Crippen LogP contribution >= 0.6 is 11.8 Å². The van der Waals surface area contributed by atoms with Crippen molar-refractivity contribution in [2.75, 3.05) is 6.61 Å². The summed E-state index contributed by atoms with van der Waals surface area (Å²) >= 11 is 1.40. The zero-order valence-electron chi connectivity index (χ0n) is 13.4. The number of nitrogens with zero attached hydrogens (tertiary/aromatic N) is 3. The average Bonchev–Trinajstić information content (AvgIpc) is 2.87. The van der Waals surface area contributed by atoms with Crippen LogP contribution in [0.15, 0.2) is 29.4 Å². The molecule has 118 valence electrons. The predicted molar refractivity (Wildman–Crippen MR) is 87.7 cm³/mol. The molecule has 1 unspecified atom stereocenters. The first kappa shape index (κ1) is 16.5. The molecule has 0 aliphatic rings. The first-order chi connectivity index (χ1) is 10.6. The smallest absolute Gasteiger partial charge is 0.319 e. The van der Waals surface area contributed by atoms with E-state index in [-0.39, 0.29) is 11.2 Å². The van der Waals surface area contributed by atoms with Crippen LogP contribution in [0.2, 0.25) is 0 Å². The molecule has 1 atom stereocenters. The number of hydrogen-bond donors (Lipinski definition) is 0. The summed E-state index contributed by atoms with van der Waals surface area (Å²) in [6, 6.07) is 8.14. The quantitative estimate of drug-likeness (QED) is 0.604. The lowest BCUT2D eigenvalue weighted by molar-refractivity contribution is -0.142. The fraction of sp³-hybridized carbons (Fsp3) is 0.438. The van der Waals surface area contributed by atoms with E-state index in [0.717, 1.165) is 16.5 Å². The first-order valence-electron chi connectivity index (χ1n) is 7.36. The number of carbonyl (C=O) groups is 1. The van der Waals surface area contributed by atoms with Gasteiger partial charge in [0.1, 0.15) is 5.25 Å². The van der Waals surface area contributed by atoms with E-state index >= 15 is 0 Å². The van der Waals surface area contributed by atoms with Crippen molar-refractivity contribution in [2.24, 2.45) is 7.05 Å². The molecule has 0 aliphatic heterocycles. The summed E-state index contributed by atoms with van der Waals surface area (Å²) in [5, 5.41) is 8.92. The normalized spacial score (nSPS) is 12.2. The molecule has 0 spiro atoms. The number of benzene rings is 1. The lowest BCUT2D eigenvalue weighted by Crippen LogP contribution is -2.20. The fourth-order valence-corrected chi connectivity index (χ4v) is 2.95. The summed E-state index contributed by atoms with van der Waals surface area (Å²) in [5.74, 6) is 0.594. The van der Waals surface area contributed by atoms with Gasteiger partial charge in [-0.2, -0.15) is 0 Å². The molecule has 0 radical (unpaired) electrons. The minimum Gasteiger partial charge on any atom is -0.465 e. The standard InChI is InChI=1S/C16H21N3O2S/c1-5-13(15(20)21-6-2)22-16-18-17-14(19(16)4)12-9-7-11(3)8-10-12/h7-10,13H,5-6H2,1-4H3. The molecular weight excluding hydrogens is 298 g/mol. The Morgan fingerprint density at radius 1 is 1.27 bits per heavy atom. The van der Waals surface area contributed by atoms with Gasteiger partial charge in [0.25, 0.3) is 0 Å². The van der Waals surface area contributed by atoms with Gasteiger partial charge < -0.3 is 9.30 Å².